The van der Waals surface area contributed by atoms with Crippen LogP contribution in [0.4, 0.5) is 4.79 Å². The third kappa shape index (κ3) is 3.15. The molecule has 2 aliphatic rings. The molecule has 2 amide bonds. The van der Waals surface area contributed by atoms with E-state index in [1.807, 2.05) is 0 Å². The molecule has 0 bridgehead atoms. The van der Waals surface area contributed by atoms with Crippen molar-refractivity contribution >= 4 is 18.0 Å². The van der Waals surface area contributed by atoms with Gasteiger partial charge >= 0.3 is 18.0 Å². The average Bonchev–Trinajstić information content (AvgIpc) is 2.85. The Balaban J connectivity index is 1.98. The zero-order chi connectivity index (χ0) is 14.0. The molecule has 1 heterocycles. The predicted octanol–water partition coefficient (Wildman–Crippen LogP) is 0.309. The van der Waals surface area contributed by atoms with Gasteiger partial charge in [-0.2, -0.15) is 0 Å². The topological polar surface area (TPSA) is 98.1 Å². The van der Waals surface area contributed by atoms with Crippen LogP contribution in [0.2, 0.25) is 0 Å². The van der Waals surface area contributed by atoms with E-state index in [0.717, 1.165) is 17.7 Å². The molecule has 2 unspecified atom stereocenters. The molecule has 7 heteroatoms. The van der Waals surface area contributed by atoms with Gasteiger partial charge in [0.05, 0.1) is 0 Å². The first kappa shape index (κ1) is 13.6. The van der Waals surface area contributed by atoms with Crippen LogP contribution in [-0.4, -0.2) is 64.2 Å². The molecule has 1 aliphatic carbocycles. The number of aliphatic carboxylic acids is 2. The van der Waals surface area contributed by atoms with Crippen LogP contribution in [0.15, 0.2) is 0 Å². The molecule has 19 heavy (non-hydrogen) atoms. The van der Waals surface area contributed by atoms with Crippen molar-refractivity contribution in [2.75, 3.05) is 26.2 Å². The summed E-state index contributed by atoms with van der Waals surface area (Å²) in [6.45, 7) is 0.104. The minimum Gasteiger partial charge on any atom is -0.480 e. The Morgan fingerprint density at radius 2 is 1.47 bits per heavy atom. The van der Waals surface area contributed by atoms with Crippen molar-refractivity contribution in [1.82, 2.24) is 9.80 Å². The molecule has 1 aliphatic heterocycles. The van der Waals surface area contributed by atoms with Gasteiger partial charge in [-0.15, -0.1) is 0 Å². The van der Waals surface area contributed by atoms with Crippen LogP contribution in [0.5, 0.6) is 0 Å². The molecule has 2 N–H and O–H groups in total. The Hall–Kier alpha value is -1.79. The summed E-state index contributed by atoms with van der Waals surface area (Å²) in [5.41, 5.74) is 0. The number of carboxylic acid groups (broad SMARTS) is 2. The van der Waals surface area contributed by atoms with E-state index in [4.69, 9.17) is 10.2 Å². The third-order valence-corrected chi connectivity index (χ3v) is 3.92. The fourth-order valence-corrected chi connectivity index (χ4v) is 3.11. The zero-order valence-electron chi connectivity index (χ0n) is 10.6. The molecule has 1 saturated carbocycles. The molecule has 0 aromatic rings. The van der Waals surface area contributed by atoms with E-state index in [-0.39, 0.29) is 0 Å². The van der Waals surface area contributed by atoms with Gasteiger partial charge in [-0.1, -0.05) is 6.42 Å². The fraction of sp³-hybridized carbons (Fsp3) is 0.750. The van der Waals surface area contributed by atoms with E-state index in [2.05, 4.69) is 0 Å². The highest BCUT2D eigenvalue weighted by Crippen LogP contribution is 2.37. The van der Waals surface area contributed by atoms with E-state index >= 15 is 0 Å². The lowest BCUT2D eigenvalue weighted by atomic mass is 10.0. The number of carbonyl (C=O) groups is 3. The molecule has 0 aromatic heterocycles. The van der Waals surface area contributed by atoms with Gasteiger partial charge in [-0.05, 0) is 24.7 Å². The summed E-state index contributed by atoms with van der Waals surface area (Å²) < 4.78 is 0. The predicted molar refractivity (Wildman–Crippen MR) is 64.6 cm³/mol. The van der Waals surface area contributed by atoms with Gasteiger partial charge in [0.2, 0.25) is 0 Å². The van der Waals surface area contributed by atoms with Crippen molar-refractivity contribution in [3.05, 3.63) is 0 Å². The molecular formula is C12H18N2O5. The second-order valence-corrected chi connectivity index (χ2v) is 5.28. The van der Waals surface area contributed by atoms with E-state index in [9.17, 15) is 14.4 Å². The Bertz CT molecular complexity index is 370. The van der Waals surface area contributed by atoms with Crippen molar-refractivity contribution in [3.63, 3.8) is 0 Å². The van der Waals surface area contributed by atoms with Crippen LogP contribution in [-0.2, 0) is 9.59 Å². The number of nitrogens with zero attached hydrogens (tertiary/aromatic N) is 2. The van der Waals surface area contributed by atoms with Gasteiger partial charge in [0.15, 0.2) is 0 Å². The molecule has 2 fully saturated rings. The maximum absolute atomic E-state index is 12.2. The maximum Gasteiger partial charge on any atom is 0.323 e. The van der Waals surface area contributed by atoms with Gasteiger partial charge in [0.25, 0.3) is 0 Å². The number of likely N-dealkylation sites (tertiary alicyclic amines) is 1. The molecule has 1 saturated heterocycles. The number of carbonyl (C=O) groups excluding carboxylic acids is 1. The Labute approximate surface area is 110 Å². The average molecular weight is 270 g/mol. The second-order valence-electron chi connectivity index (χ2n) is 5.28. The highest BCUT2D eigenvalue weighted by Gasteiger charge is 2.39. The lowest BCUT2D eigenvalue weighted by Gasteiger charge is -2.26. The van der Waals surface area contributed by atoms with E-state index < -0.39 is 31.1 Å². The van der Waals surface area contributed by atoms with Crippen LogP contribution in [0, 0.1) is 11.8 Å². The molecule has 7 nitrogen and oxygen atoms in total. The minimum atomic E-state index is -1.20. The normalized spacial score (nSPS) is 25.2. The largest absolute Gasteiger partial charge is 0.480 e. The monoisotopic (exact) mass is 270 g/mol. The van der Waals surface area contributed by atoms with Gasteiger partial charge in [-0.25, -0.2) is 4.79 Å². The summed E-state index contributed by atoms with van der Waals surface area (Å²) in [5.74, 6) is -1.40. The highest BCUT2D eigenvalue weighted by atomic mass is 16.4. The van der Waals surface area contributed by atoms with Crippen molar-refractivity contribution in [3.8, 4) is 0 Å². The Morgan fingerprint density at radius 3 is 1.89 bits per heavy atom. The smallest absolute Gasteiger partial charge is 0.323 e. The summed E-state index contributed by atoms with van der Waals surface area (Å²) >= 11 is 0. The molecular weight excluding hydrogens is 252 g/mol. The molecule has 106 valence electrons. The summed E-state index contributed by atoms with van der Waals surface area (Å²) in [5, 5.41) is 17.5. The first-order chi connectivity index (χ1) is 8.97. The van der Waals surface area contributed by atoms with Crippen molar-refractivity contribution in [1.29, 1.82) is 0 Å². The number of urea groups is 1. The second kappa shape index (κ2) is 5.46. The van der Waals surface area contributed by atoms with Crippen LogP contribution in [0.1, 0.15) is 19.3 Å². The summed E-state index contributed by atoms with van der Waals surface area (Å²) in [4.78, 5) is 36.1. The Morgan fingerprint density at radius 1 is 1.00 bits per heavy atom. The number of carboxylic acids is 2. The van der Waals surface area contributed by atoms with E-state index in [0.29, 0.717) is 24.9 Å². The van der Waals surface area contributed by atoms with Crippen molar-refractivity contribution in [2.45, 2.75) is 19.3 Å². The molecule has 0 spiro atoms. The molecule has 2 atom stereocenters. The maximum atomic E-state index is 12.2. The summed E-state index contributed by atoms with van der Waals surface area (Å²) in [6, 6.07) is -0.473. The van der Waals surface area contributed by atoms with Crippen LogP contribution >= 0.6 is 0 Å². The summed E-state index contributed by atoms with van der Waals surface area (Å²) in [7, 11) is 0. The van der Waals surface area contributed by atoms with Crippen molar-refractivity contribution < 1.29 is 24.6 Å². The zero-order valence-corrected chi connectivity index (χ0v) is 10.6. The first-order valence-corrected chi connectivity index (χ1v) is 6.45. The number of hydrogen-bond donors (Lipinski definition) is 2. The lowest BCUT2D eigenvalue weighted by Crippen LogP contribution is -2.46. The Kier molecular flexibility index (Phi) is 3.92. The number of rotatable bonds is 4. The molecule has 2 rings (SSSR count). The van der Waals surface area contributed by atoms with E-state index in [1.54, 1.807) is 4.90 Å². The van der Waals surface area contributed by atoms with Crippen molar-refractivity contribution in [2.24, 2.45) is 11.8 Å². The van der Waals surface area contributed by atoms with Gasteiger partial charge in [0, 0.05) is 13.1 Å². The van der Waals surface area contributed by atoms with Gasteiger partial charge < -0.3 is 20.0 Å². The SMILES string of the molecule is O=C(O)CN(CC(=O)O)C(=O)N1CC2CCCC2C1. The van der Waals surface area contributed by atoms with Gasteiger partial charge in [0.1, 0.15) is 13.1 Å². The van der Waals surface area contributed by atoms with Crippen LogP contribution < -0.4 is 0 Å². The minimum absolute atomic E-state index is 0.473. The summed E-state index contributed by atoms with van der Waals surface area (Å²) in [6.07, 6.45) is 3.39. The lowest BCUT2D eigenvalue weighted by molar-refractivity contribution is -0.140. The standard InChI is InChI=1S/C12H18N2O5/c15-10(16)6-14(7-11(17)18)12(19)13-4-8-2-1-3-9(8)5-13/h8-9H,1-7H2,(H,15,16)(H,17,18). The van der Waals surface area contributed by atoms with Crippen LogP contribution in [0.25, 0.3) is 0 Å². The molecule has 0 aromatic carbocycles. The number of fused-ring (bicyclic) bond motifs is 1. The third-order valence-electron chi connectivity index (χ3n) is 3.92. The van der Waals surface area contributed by atoms with Gasteiger partial charge in [-0.3, -0.25) is 9.59 Å². The first-order valence-electron chi connectivity index (χ1n) is 6.45. The number of hydrogen-bond acceptors (Lipinski definition) is 3. The quantitative estimate of drug-likeness (QED) is 0.766. The van der Waals surface area contributed by atoms with Crippen LogP contribution in [0.3, 0.4) is 0 Å². The molecule has 0 radical (unpaired) electrons. The highest BCUT2D eigenvalue weighted by molar-refractivity contribution is 5.84. The fourth-order valence-electron chi connectivity index (χ4n) is 3.11. The number of amides is 2. The van der Waals surface area contributed by atoms with E-state index in [1.165, 1.54) is 6.42 Å².